The van der Waals surface area contributed by atoms with Crippen molar-refractivity contribution in [2.75, 3.05) is 35.2 Å². The first kappa shape index (κ1) is 22.9. The standard InChI is InChI=1S/C7H14N4O2S.C6H9N3O3S/c1-8-6-7-9-4-5-11(7)14(12,13)10(2)3;1-8(2)13(11,12)9-4-3-7-6(9)5-10/h4-5,8H,6H2,1-3H3;3-5H,1-2H3. The molecule has 0 amide bonds. The Morgan fingerprint density at radius 2 is 1.44 bits per heavy atom. The van der Waals surface area contributed by atoms with Crippen LogP contribution >= 0.6 is 0 Å². The summed E-state index contributed by atoms with van der Waals surface area (Å²) in [7, 11) is 0.405. The highest BCUT2D eigenvalue weighted by molar-refractivity contribution is 7.87. The molecule has 2 aromatic rings. The Kier molecular flexibility index (Phi) is 7.79. The fourth-order valence-electron chi connectivity index (χ4n) is 1.75. The zero-order chi connectivity index (χ0) is 20.8. The van der Waals surface area contributed by atoms with Crippen molar-refractivity contribution in [3.63, 3.8) is 0 Å². The molecule has 0 spiro atoms. The third-order valence-electron chi connectivity index (χ3n) is 3.17. The molecule has 2 rings (SSSR count). The average molecular weight is 422 g/mol. The van der Waals surface area contributed by atoms with E-state index >= 15 is 0 Å². The second-order valence-electron chi connectivity index (χ2n) is 5.45. The lowest BCUT2D eigenvalue weighted by atomic mass is 10.6. The topological polar surface area (TPSA) is 140 Å². The second kappa shape index (κ2) is 9.18. The number of aldehydes is 1. The SMILES string of the molecule is CN(C)S(=O)(=O)n1ccnc1C=O.CNCc1nccn1S(=O)(=O)N(C)C. The summed E-state index contributed by atoms with van der Waals surface area (Å²) in [5.41, 5.74) is 0. The van der Waals surface area contributed by atoms with Crippen LogP contribution in [-0.4, -0.2) is 84.9 Å². The van der Waals surface area contributed by atoms with E-state index in [1.807, 2.05) is 0 Å². The van der Waals surface area contributed by atoms with Gasteiger partial charge in [0.1, 0.15) is 5.82 Å². The van der Waals surface area contributed by atoms with Crippen LogP contribution in [0.1, 0.15) is 16.4 Å². The molecule has 0 bridgehead atoms. The summed E-state index contributed by atoms with van der Waals surface area (Å²) in [5.74, 6) is 0.343. The summed E-state index contributed by atoms with van der Waals surface area (Å²) in [6.45, 7) is 0.417. The van der Waals surface area contributed by atoms with Crippen LogP contribution in [0.15, 0.2) is 24.8 Å². The molecule has 27 heavy (non-hydrogen) atoms. The van der Waals surface area contributed by atoms with Crippen molar-refractivity contribution in [1.29, 1.82) is 0 Å². The molecule has 1 N–H and O–H groups in total. The van der Waals surface area contributed by atoms with Gasteiger partial charge < -0.3 is 5.32 Å². The lowest BCUT2D eigenvalue weighted by Gasteiger charge is -2.13. The molecule has 0 saturated carbocycles. The molecular weight excluding hydrogens is 398 g/mol. The van der Waals surface area contributed by atoms with Gasteiger partial charge in [0, 0.05) is 53.0 Å². The third kappa shape index (κ3) is 5.20. The van der Waals surface area contributed by atoms with Crippen LogP contribution < -0.4 is 5.32 Å². The zero-order valence-corrected chi connectivity index (χ0v) is 17.3. The quantitative estimate of drug-likeness (QED) is 0.539. The molecule has 2 aromatic heterocycles. The van der Waals surface area contributed by atoms with Gasteiger partial charge in [0.05, 0.1) is 6.54 Å². The van der Waals surface area contributed by atoms with Crippen molar-refractivity contribution in [1.82, 2.24) is 31.8 Å². The molecule has 0 aliphatic rings. The fraction of sp³-hybridized carbons (Fsp3) is 0.462. The average Bonchev–Trinajstić information content (AvgIpc) is 3.24. The zero-order valence-electron chi connectivity index (χ0n) is 15.6. The Morgan fingerprint density at radius 1 is 0.963 bits per heavy atom. The lowest BCUT2D eigenvalue weighted by Crippen LogP contribution is -2.30. The number of aromatic nitrogens is 4. The second-order valence-corrected chi connectivity index (χ2v) is 9.49. The minimum Gasteiger partial charge on any atom is -0.313 e. The smallest absolute Gasteiger partial charge is 0.308 e. The van der Waals surface area contributed by atoms with Gasteiger partial charge in [-0.15, -0.1) is 0 Å². The molecule has 152 valence electrons. The molecule has 14 heteroatoms. The summed E-state index contributed by atoms with van der Waals surface area (Å²) in [6, 6.07) is 0. The fourth-order valence-corrected chi connectivity index (χ4v) is 3.57. The predicted octanol–water partition coefficient (Wildman–Crippen LogP) is -1.39. The summed E-state index contributed by atoms with van der Waals surface area (Å²) >= 11 is 0. The van der Waals surface area contributed by atoms with E-state index in [0.717, 1.165) is 16.6 Å². The number of carbonyl (C=O) groups is 1. The van der Waals surface area contributed by atoms with E-state index in [1.54, 1.807) is 7.05 Å². The van der Waals surface area contributed by atoms with Gasteiger partial charge in [-0.1, -0.05) is 0 Å². The van der Waals surface area contributed by atoms with Gasteiger partial charge in [-0.25, -0.2) is 17.9 Å². The first-order chi connectivity index (χ1) is 12.5. The van der Waals surface area contributed by atoms with Gasteiger partial charge in [0.2, 0.25) is 0 Å². The summed E-state index contributed by atoms with van der Waals surface area (Å²) < 4.78 is 50.5. The highest BCUT2D eigenvalue weighted by atomic mass is 32.2. The minimum atomic E-state index is -3.62. The minimum absolute atomic E-state index is 0.131. The largest absolute Gasteiger partial charge is 0.313 e. The Hall–Kier alpha value is -2.13. The number of nitrogens with one attached hydrogen (secondary N) is 1. The van der Waals surface area contributed by atoms with Crippen LogP contribution in [0.2, 0.25) is 0 Å². The maximum absolute atomic E-state index is 11.7. The van der Waals surface area contributed by atoms with E-state index in [2.05, 4.69) is 15.3 Å². The van der Waals surface area contributed by atoms with Gasteiger partial charge in [-0.3, -0.25) is 4.79 Å². The van der Waals surface area contributed by atoms with Crippen molar-refractivity contribution in [3.05, 3.63) is 36.4 Å². The van der Waals surface area contributed by atoms with E-state index in [-0.39, 0.29) is 5.82 Å². The third-order valence-corrected chi connectivity index (χ3v) is 6.66. The van der Waals surface area contributed by atoms with E-state index in [4.69, 9.17) is 0 Å². The summed E-state index contributed by atoms with van der Waals surface area (Å²) in [5, 5.41) is 2.86. The van der Waals surface area contributed by atoms with Gasteiger partial charge >= 0.3 is 20.4 Å². The van der Waals surface area contributed by atoms with Crippen molar-refractivity contribution in [2.45, 2.75) is 6.54 Å². The Balaban J connectivity index is 0.000000271. The number of rotatable bonds is 7. The Bertz CT molecular complexity index is 961. The molecule has 12 nitrogen and oxygen atoms in total. The van der Waals surface area contributed by atoms with Crippen LogP contribution in [0, 0.1) is 0 Å². The highest BCUT2D eigenvalue weighted by Crippen LogP contribution is 2.05. The molecule has 0 unspecified atom stereocenters. The number of imidazole rings is 2. The monoisotopic (exact) mass is 421 g/mol. The molecule has 2 heterocycles. The van der Waals surface area contributed by atoms with Gasteiger partial charge in [0.15, 0.2) is 12.1 Å². The molecule has 0 fully saturated rings. The summed E-state index contributed by atoms with van der Waals surface area (Å²) in [4.78, 5) is 17.9. The van der Waals surface area contributed by atoms with Crippen LogP contribution in [0.25, 0.3) is 0 Å². The summed E-state index contributed by atoms with van der Waals surface area (Å²) in [6.07, 6.45) is 5.76. The number of nitrogens with zero attached hydrogens (tertiary/aromatic N) is 6. The van der Waals surface area contributed by atoms with E-state index in [0.29, 0.717) is 18.7 Å². The lowest BCUT2D eigenvalue weighted by molar-refractivity contribution is 0.111. The van der Waals surface area contributed by atoms with Crippen LogP contribution in [0.4, 0.5) is 0 Å². The van der Waals surface area contributed by atoms with Gasteiger partial charge in [-0.2, -0.15) is 25.4 Å². The molecule has 0 aliphatic carbocycles. The first-order valence-corrected chi connectivity index (χ1v) is 10.3. The van der Waals surface area contributed by atoms with Crippen LogP contribution in [0.3, 0.4) is 0 Å². The first-order valence-electron chi connectivity index (χ1n) is 7.51. The molecule has 0 saturated heterocycles. The predicted molar refractivity (Wildman–Crippen MR) is 98.6 cm³/mol. The van der Waals surface area contributed by atoms with Crippen LogP contribution in [0.5, 0.6) is 0 Å². The van der Waals surface area contributed by atoms with Crippen molar-refractivity contribution in [2.24, 2.45) is 0 Å². The number of hydrogen-bond donors (Lipinski definition) is 1. The number of hydrogen-bond acceptors (Lipinski definition) is 8. The molecule has 0 aliphatic heterocycles. The molecule has 0 radical (unpaired) electrons. The van der Waals surface area contributed by atoms with Crippen molar-refractivity contribution >= 4 is 26.7 Å². The van der Waals surface area contributed by atoms with E-state index in [1.165, 1.54) is 53.0 Å². The Labute approximate surface area is 158 Å². The van der Waals surface area contributed by atoms with Crippen LogP contribution in [-0.2, 0) is 27.0 Å². The van der Waals surface area contributed by atoms with E-state index < -0.39 is 20.4 Å². The molecular formula is C13H23N7O5S2. The number of carbonyl (C=O) groups excluding carboxylic acids is 1. The normalized spacial score (nSPS) is 12.1. The van der Waals surface area contributed by atoms with Crippen molar-refractivity contribution in [3.8, 4) is 0 Å². The van der Waals surface area contributed by atoms with E-state index in [9.17, 15) is 21.6 Å². The van der Waals surface area contributed by atoms with Crippen molar-refractivity contribution < 1.29 is 21.6 Å². The van der Waals surface area contributed by atoms with Gasteiger partial charge in [0.25, 0.3) is 0 Å². The maximum atomic E-state index is 11.7. The molecule has 0 aromatic carbocycles. The maximum Gasteiger partial charge on any atom is 0.308 e. The highest BCUT2D eigenvalue weighted by Gasteiger charge is 2.19. The Morgan fingerprint density at radius 3 is 1.93 bits per heavy atom. The molecule has 0 atom stereocenters. The van der Waals surface area contributed by atoms with Gasteiger partial charge in [-0.05, 0) is 7.05 Å².